The Morgan fingerprint density at radius 3 is 2.30 bits per heavy atom. The zero-order chi connectivity index (χ0) is 19.2. The minimum atomic E-state index is -0.435. The highest BCUT2D eigenvalue weighted by Gasteiger charge is 2.24. The molecule has 1 aliphatic rings. The zero-order valence-corrected chi connectivity index (χ0v) is 15.5. The summed E-state index contributed by atoms with van der Waals surface area (Å²) in [5.41, 5.74) is 1.89. The van der Waals surface area contributed by atoms with Gasteiger partial charge in [-0.25, -0.2) is 0 Å². The summed E-state index contributed by atoms with van der Waals surface area (Å²) in [6.45, 7) is 4.76. The van der Waals surface area contributed by atoms with E-state index >= 15 is 0 Å². The van der Waals surface area contributed by atoms with Crippen LogP contribution in [0.4, 0.5) is 5.69 Å². The van der Waals surface area contributed by atoms with Crippen molar-refractivity contribution in [2.24, 2.45) is 0 Å². The molecule has 1 N–H and O–H groups in total. The number of carbonyl (C=O) groups is 1. The second kappa shape index (κ2) is 8.77. The zero-order valence-electron chi connectivity index (χ0n) is 15.5. The van der Waals surface area contributed by atoms with Crippen LogP contribution in [0.15, 0.2) is 54.6 Å². The largest absolute Gasteiger partial charge is 0.347 e. The van der Waals surface area contributed by atoms with Crippen LogP contribution in [-0.2, 0) is 4.79 Å². The van der Waals surface area contributed by atoms with E-state index in [1.165, 1.54) is 25.0 Å². The van der Waals surface area contributed by atoms with E-state index in [1.807, 2.05) is 37.3 Å². The molecule has 1 fully saturated rings. The Morgan fingerprint density at radius 1 is 1.07 bits per heavy atom. The van der Waals surface area contributed by atoms with Crippen LogP contribution in [0.1, 0.15) is 42.9 Å². The van der Waals surface area contributed by atoms with Crippen LogP contribution in [0, 0.1) is 10.1 Å². The number of benzene rings is 2. The number of hydrogen-bond donors (Lipinski definition) is 1. The summed E-state index contributed by atoms with van der Waals surface area (Å²) in [7, 11) is 0. The first kappa shape index (κ1) is 19.0. The fourth-order valence-corrected chi connectivity index (χ4v) is 3.48. The number of nitro benzene ring substituents is 1. The molecule has 27 heavy (non-hydrogen) atoms. The molecule has 1 aliphatic heterocycles. The monoisotopic (exact) mass is 367 g/mol. The number of nitro groups is 1. The summed E-state index contributed by atoms with van der Waals surface area (Å²) in [5.74, 6) is -0.451. The van der Waals surface area contributed by atoms with Crippen molar-refractivity contribution in [3.63, 3.8) is 0 Å². The number of likely N-dealkylation sites (tertiary alicyclic amines) is 1. The molecule has 0 aromatic heterocycles. The van der Waals surface area contributed by atoms with E-state index in [2.05, 4.69) is 10.2 Å². The number of rotatable bonds is 7. The third-order valence-corrected chi connectivity index (χ3v) is 5.16. The first-order chi connectivity index (χ1) is 13.0. The van der Waals surface area contributed by atoms with Gasteiger partial charge >= 0.3 is 0 Å². The SMILES string of the molecule is CC(C(=O)N[C@H](CN1CCCC1)c1ccccc1)c1ccc([N+](=O)[O-])cc1. The van der Waals surface area contributed by atoms with E-state index in [1.54, 1.807) is 12.1 Å². The molecule has 142 valence electrons. The van der Waals surface area contributed by atoms with Gasteiger partial charge in [0.05, 0.1) is 16.9 Å². The average Bonchev–Trinajstić information content (AvgIpc) is 3.20. The quantitative estimate of drug-likeness (QED) is 0.599. The van der Waals surface area contributed by atoms with Gasteiger partial charge in [-0.2, -0.15) is 0 Å². The van der Waals surface area contributed by atoms with E-state index in [0.29, 0.717) is 0 Å². The lowest BCUT2D eigenvalue weighted by molar-refractivity contribution is -0.384. The van der Waals surface area contributed by atoms with Crippen molar-refractivity contribution >= 4 is 11.6 Å². The highest BCUT2D eigenvalue weighted by Crippen LogP contribution is 2.22. The van der Waals surface area contributed by atoms with E-state index in [0.717, 1.165) is 30.8 Å². The van der Waals surface area contributed by atoms with Crippen molar-refractivity contribution in [3.05, 3.63) is 75.8 Å². The van der Waals surface area contributed by atoms with Crippen LogP contribution in [0.5, 0.6) is 0 Å². The molecule has 1 heterocycles. The molecule has 6 heteroatoms. The summed E-state index contributed by atoms with van der Waals surface area (Å²) in [6.07, 6.45) is 2.41. The minimum absolute atomic E-state index is 0.0301. The van der Waals surface area contributed by atoms with Crippen molar-refractivity contribution < 1.29 is 9.72 Å². The third kappa shape index (κ3) is 4.92. The molecule has 0 spiro atoms. The standard InChI is InChI=1S/C21H25N3O3/c1-16(17-9-11-19(12-10-17)24(26)27)21(25)22-20(15-23-13-5-6-14-23)18-7-3-2-4-8-18/h2-4,7-12,16,20H,5-6,13-15H2,1H3,(H,22,25)/t16?,20-/m1/s1. The first-order valence-corrected chi connectivity index (χ1v) is 9.36. The van der Waals surface area contributed by atoms with Crippen LogP contribution >= 0.6 is 0 Å². The topological polar surface area (TPSA) is 75.5 Å². The maximum atomic E-state index is 12.9. The van der Waals surface area contributed by atoms with Gasteiger partial charge in [0.2, 0.25) is 5.91 Å². The predicted molar refractivity (Wildman–Crippen MR) is 105 cm³/mol. The van der Waals surface area contributed by atoms with E-state index in [-0.39, 0.29) is 23.6 Å². The van der Waals surface area contributed by atoms with Crippen molar-refractivity contribution in [2.75, 3.05) is 19.6 Å². The molecule has 0 aliphatic carbocycles. The fraction of sp³-hybridized carbons (Fsp3) is 0.381. The van der Waals surface area contributed by atoms with Crippen molar-refractivity contribution in [1.29, 1.82) is 0 Å². The Bertz CT molecular complexity index is 771. The van der Waals surface area contributed by atoms with Gasteiger partial charge in [0, 0.05) is 18.7 Å². The summed E-state index contributed by atoms with van der Waals surface area (Å²) in [4.78, 5) is 25.6. The van der Waals surface area contributed by atoms with Crippen molar-refractivity contribution in [2.45, 2.75) is 31.7 Å². The summed E-state index contributed by atoms with van der Waals surface area (Å²) in [6, 6.07) is 16.1. The fourth-order valence-electron chi connectivity index (χ4n) is 3.48. The van der Waals surface area contributed by atoms with Crippen LogP contribution in [-0.4, -0.2) is 35.4 Å². The Kier molecular flexibility index (Phi) is 6.19. The highest BCUT2D eigenvalue weighted by atomic mass is 16.6. The van der Waals surface area contributed by atoms with E-state index < -0.39 is 4.92 Å². The molecular weight excluding hydrogens is 342 g/mol. The van der Waals surface area contributed by atoms with Gasteiger partial charge in [-0.15, -0.1) is 0 Å². The van der Waals surface area contributed by atoms with Gasteiger partial charge in [0.1, 0.15) is 0 Å². The molecule has 6 nitrogen and oxygen atoms in total. The smallest absolute Gasteiger partial charge is 0.269 e. The van der Waals surface area contributed by atoms with Crippen LogP contribution < -0.4 is 5.32 Å². The van der Waals surface area contributed by atoms with Crippen molar-refractivity contribution in [3.8, 4) is 0 Å². The van der Waals surface area contributed by atoms with Gasteiger partial charge in [0.15, 0.2) is 0 Å². The second-order valence-corrected chi connectivity index (χ2v) is 7.05. The number of carbonyl (C=O) groups excluding carboxylic acids is 1. The summed E-state index contributed by atoms with van der Waals surface area (Å²) < 4.78 is 0. The number of nitrogens with one attached hydrogen (secondary N) is 1. The Morgan fingerprint density at radius 2 is 1.70 bits per heavy atom. The van der Waals surface area contributed by atoms with Gasteiger partial charge in [-0.05, 0) is 44.0 Å². The van der Waals surface area contributed by atoms with Gasteiger partial charge in [-0.3, -0.25) is 14.9 Å². The maximum Gasteiger partial charge on any atom is 0.269 e. The van der Waals surface area contributed by atoms with Gasteiger partial charge in [-0.1, -0.05) is 42.5 Å². The lowest BCUT2D eigenvalue weighted by Gasteiger charge is -2.26. The number of amides is 1. The lowest BCUT2D eigenvalue weighted by Crippen LogP contribution is -2.38. The maximum absolute atomic E-state index is 12.9. The van der Waals surface area contributed by atoms with Crippen molar-refractivity contribution in [1.82, 2.24) is 10.2 Å². The molecule has 1 amide bonds. The van der Waals surface area contributed by atoms with Crippen LogP contribution in [0.3, 0.4) is 0 Å². The Balaban J connectivity index is 1.71. The van der Waals surface area contributed by atoms with Crippen LogP contribution in [0.2, 0.25) is 0 Å². The number of non-ortho nitro benzene ring substituents is 1. The molecule has 2 aromatic rings. The minimum Gasteiger partial charge on any atom is -0.347 e. The molecule has 2 aromatic carbocycles. The molecule has 3 rings (SSSR count). The van der Waals surface area contributed by atoms with Gasteiger partial charge < -0.3 is 10.2 Å². The molecular formula is C21H25N3O3. The second-order valence-electron chi connectivity index (χ2n) is 7.05. The normalized spacial score (nSPS) is 16.6. The molecule has 0 bridgehead atoms. The Labute approximate surface area is 159 Å². The molecule has 1 unspecified atom stereocenters. The number of nitrogens with zero attached hydrogens (tertiary/aromatic N) is 2. The molecule has 0 saturated carbocycles. The average molecular weight is 367 g/mol. The van der Waals surface area contributed by atoms with E-state index in [9.17, 15) is 14.9 Å². The molecule has 1 saturated heterocycles. The van der Waals surface area contributed by atoms with Crippen LogP contribution in [0.25, 0.3) is 0 Å². The third-order valence-electron chi connectivity index (χ3n) is 5.16. The predicted octanol–water partition coefficient (Wildman–Crippen LogP) is 3.65. The number of hydrogen-bond acceptors (Lipinski definition) is 4. The highest BCUT2D eigenvalue weighted by molar-refractivity contribution is 5.83. The first-order valence-electron chi connectivity index (χ1n) is 9.36. The Hall–Kier alpha value is -2.73. The lowest BCUT2D eigenvalue weighted by atomic mass is 9.98. The summed E-state index contributed by atoms with van der Waals surface area (Å²) >= 11 is 0. The molecule has 2 atom stereocenters. The summed E-state index contributed by atoms with van der Waals surface area (Å²) in [5, 5.41) is 14.0. The molecule has 0 radical (unpaired) electrons. The van der Waals surface area contributed by atoms with E-state index in [4.69, 9.17) is 0 Å². The van der Waals surface area contributed by atoms with Gasteiger partial charge in [0.25, 0.3) is 5.69 Å².